The van der Waals surface area contributed by atoms with Gasteiger partial charge in [0.05, 0.1) is 7.11 Å². The molecule has 5 heteroatoms. The molecule has 2 atom stereocenters. The Morgan fingerprint density at radius 1 is 1.47 bits per heavy atom. The summed E-state index contributed by atoms with van der Waals surface area (Å²) in [5.41, 5.74) is 0. The molecule has 0 bridgehead atoms. The molecule has 0 aliphatic carbocycles. The van der Waals surface area contributed by atoms with Gasteiger partial charge in [-0.2, -0.15) is 0 Å². The second-order valence-corrected chi connectivity index (χ2v) is 5.47. The molecule has 1 saturated heterocycles. The van der Waals surface area contributed by atoms with Crippen molar-refractivity contribution in [1.82, 2.24) is 10.2 Å². The summed E-state index contributed by atoms with van der Waals surface area (Å²) in [5, 5.41) is 2.65. The van der Waals surface area contributed by atoms with E-state index in [9.17, 15) is 9.59 Å². The minimum absolute atomic E-state index is 0. The number of carbonyl (C=O) groups is 2. The average Bonchev–Trinajstić information content (AvgIpc) is 2.83. The van der Waals surface area contributed by atoms with Crippen LogP contribution in [0.3, 0.4) is 0 Å². The van der Waals surface area contributed by atoms with E-state index < -0.39 is 12.1 Å². The Kier molecular flexibility index (Phi) is 6.12. The number of methoxy groups -OCH3 is 1. The minimum Gasteiger partial charge on any atom is -0.453 e. The van der Waals surface area contributed by atoms with Gasteiger partial charge in [-0.25, -0.2) is 4.79 Å². The molecule has 1 fully saturated rings. The molecule has 2 unspecified atom stereocenters. The van der Waals surface area contributed by atoms with E-state index in [0.717, 1.165) is 32.2 Å². The molecule has 5 nitrogen and oxygen atoms in total. The van der Waals surface area contributed by atoms with Gasteiger partial charge in [0.25, 0.3) is 0 Å². The second-order valence-electron chi connectivity index (χ2n) is 5.47. The van der Waals surface area contributed by atoms with Crippen LogP contribution >= 0.6 is 0 Å². The van der Waals surface area contributed by atoms with Crippen LogP contribution in [0.5, 0.6) is 0 Å². The summed E-state index contributed by atoms with van der Waals surface area (Å²) in [6.45, 7) is 6.80. The van der Waals surface area contributed by atoms with Crippen molar-refractivity contribution in [2.75, 3.05) is 13.7 Å². The number of ether oxygens (including phenoxy) is 1. The summed E-state index contributed by atoms with van der Waals surface area (Å²) in [7, 11) is 1.31. The zero-order valence-electron chi connectivity index (χ0n) is 12.4. The van der Waals surface area contributed by atoms with Crippen LogP contribution in [0.1, 0.15) is 47.9 Å². The third-order valence-electron chi connectivity index (χ3n) is 3.67. The maximum atomic E-state index is 12.6. The van der Waals surface area contributed by atoms with Crippen LogP contribution in [-0.2, 0) is 9.53 Å². The lowest BCUT2D eigenvalue weighted by Gasteiger charge is -2.30. The van der Waals surface area contributed by atoms with Crippen LogP contribution in [0.2, 0.25) is 0 Å². The van der Waals surface area contributed by atoms with Crippen molar-refractivity contribution >= 4 is 12.0 Å². The summed E-state index contributed by atoms with van der Waals surface area (Å²) in [5.74, 6) is 0.0748. The molecule has 0 spiro atoms. The normalized spacial score (nSPS) is 20.5. The number of hydrogen-bond acceptors (Lipinski definition) is 3. The molecular weight excluding hydrogens is 244 g/mol. The highest BCUT2D eigenvalue weighted by Crippen LogP contribution is 2.23. The van der Waals surface area contributed by atoms with Gasteiger partial charge in [0.15, 0.2) is 0 Å². The van der Waals surface area contributed by atoms with E-state index >= 15 is 0 Å². The van der Waals surface area contributed by atoms with Gasteiger partial charge in [-0.1, -0.05) is 27.2 Å². The van der Waals surface area contributed by atoms with Gasteiger partial charge < -0.3 is 15.0 Å². The highest BCUT2D eigenvalue weighted by Gasteiger charge is 2.34. The molecule has 1 aliphatic rings. The number of carbonyl (C=O) groups excluding carboxylic acids is 2. The van der Waals surface area contributed by atoms with Gasteiger partial charge in [0.2, 0.25) is 5.91 Å². The number of alkyl carbamates (subject to hydrolysis) is 1. The van der Waals surface area contributed by atoms with Crippen LogP contribution < -0.4 is 5.32 Å². The second kappa shape index (κ2) is 7.36. The van der Waals surface area contributed by atoms with E-state index in [0.29, 0.717) is 6.04 Å². The zero-order valence-corrected chi connectivity index (χ0v) is 12.4. The summed E-state index contributed by atoms with van der Waals surface area (Å²) >= 11 is 0. The molecule has 112 valence electrons. The van der Waals surface area contributed by atoms with Gasteiger partial charge in [0.1, 0.15) is 6.04 Å². The number of hydrogen-bond donors (Lipinski definition) is 1. The molecule has 2 amide bonds. The van der Waals surface area contributed by atoms with E-state index in [1.807, 2.05) is 18.7 Å². The van der Waals surface area contributed by atoms with Crippen molar-refractivity contribution in [2.24, 2.45) is 5.92 Å². The fourth-order valence-corrected chi connectivity index (χ4v) is 2.64. The first-order valence-electron chi connectivity index (χ1n) is 7.16. The van der Waals surface area contributed by atoms with Crippen LogP contribution in [0.25, 0.3) is 0 Å². The summed E-state index contributed by atoms with van der Waals surface area (Å²) in [6.07, 6.45) is 3.69. The lowest BCUT2D eigenvalue weighted by Crippen LogP contribution is -2.52. The Labute approximate surface area is 117 Å². The molecule has 1 heterocycles. The van der Waals surface area contributed by atoms with Crippen molar-refractivity contribution in [3.8, 4) is 0 Å². The van der Waals surface area contributed by atoms with Crippen molar-refractivity contribution < 1.29 is 15.8 Å². The third kappa shape index (κ3) is 4.11. The van der Waals surface area contributed by atoms with Gasteiger partial charge >= 0.3 is 6.09 Å². The topological polar surface area (TPSA) is 58.6 Å². The Bertz CT molecular complexity index is 324. The predicted octanol–water partition coefficient (Wildman–Crippen LogP) is 2.40. The number of likely N-dealkylation sites (tertiary alicyclic amines) is 1. The lowest BCUT2D eigenvalue weighted by atomic mass is 10.0. The quantitative estimate of drug-likeness (QED) is 0.836. The first-order chi connectivity index (χ1) is 9.01. The Balaban J connectivity index is 0.00000361. The fraction of sp³-hybridized carbons (Fsp3) is 0.857. The molecule has 1 rings (SSSR count). The van der Waals surface area contributed by atoms with Crippen molar-refractivity contribution in [1.29, 1.82) is 0 Å². The maximum absolute atomic E-state index is 12.6. The summed E-state index contributed by atoms with van der Waals surface area (Å²) in [4.78, 5) is 25.9. The van der Waals surface area contributed by atoms with Gasteiger partial charge in [-0.15, -0.1) is 0 Å². The van der Waals surface area contributed by atoms with Crippen LogP contribution in [0.4, 0.5) is 4.79 Å². The molecule has 0 radical (unpaired) electrons. The maximum Gasteiger partial charge on any atom is 0.407 e. The smallest absolute Gasteiger partial charge is 0.407 e. The molecular formula is C14H28N2O3. The molecule has 0 aromatic rings. The fourth-order valence-electron chi connectivity index (χ4n) is 2.64. The highest BCUT2D eigenvalue weighted by molar-refractivity contribution is 5.86. The van der Waals surface area contributed by atoms with Gasteiger partial charge in [0, 0.05) is 14.0 Å². The summed E-state index contributed by atoms with van der Waals surface area (Å²) < 4.78 is 4.60. The number of amides is 2. The predicted molar refractivity (Wildman–Crippen MR) is 75.9 cm³/mol. The molecule has 19 heavy (non-hydrogen) atoms. The minimum atomic E-state index is -0.543. The van der Waals surface area contributed by atoms with E-state index in [-0.39, 0.29) is 13.3 Å². The Morgan fingerprint density at radius 3 is 2.68 bits per heavy atom. The van der Waals surface area contributed by atoms with Crippen molar-refractivity contribution in [2.45, 2.75) is 58.5 Å². The van der Waals surface area contributed by atoms with Crippen LogP contribution in [-0.4, -0.2) is 42.6 Å². The van der Waals surface area contributed by atoms with Gasteiger partial charge in [-0.3, -0.25) is 4.79 Å². The highest BCUT2D eigenvalue weighted by atomic mass is 16.5. The van der Waals surface area contributed by atoms with E-state index in [4.69, 9.17) is 0 Å². The Hall–Kier alpha value is -1.26. The Morgan fingerprint density at radius 2 is 2.16 bits per heavy atom. The SMILES string of the molecule is CCCC1CCCN1C(=O)C(NC(=O)OC)C(C)C.[HH]. The molecule has 1 aliphatic heterocycles. The van der Waals surface area contributed by atoms with E-state index in [1.165, 1.54) is 7.11 Å². The van der Waals surface area contributed by atoms with Crippen molar-refractivity contribution in [3.05, 3.63) is 0 Å². The van der Waals surface area contributed by atoms with E-state index in [1.54, 1.807) is 0 Å². The number of nitrogens with zero attached hydrogens (tertiary/aromatic N) is 1. The van der Waals surface area contributed by atoms with Crippen molar-refractivity contribution in [3.63, 3.8) is 0 Å². The number of rotatable bonds is 5. The first kappa shape index (κ1) is 15.8. The molecule has 1 N–H and O–H groups in total. The first-order valence-corrected chi connectivity index (χ1v) is 7.16. The monoisotopic (exact) mass is 272 g/mol. The largest absolute Gasteiger partial charge is 0.453 e. The van der Waals surface area contributed by atoms with Gasteiger partial charge in [-0.05, 0) is 25.2 Å². The molecule has 0 aromatic heterocycles. The summed E-state index contributed by atoms with van der Waals surface area (Å²) in [6, 6.07) is -0.164. The van der Waals surface area contributed by atoms with Crippen LogP contribution in [0.15, 0.2) is 0 Å². The van der Waals surface area contributed by atoms with E-state index in [2.05, 4.69) is 17.0 Å². The molecule has 0 saturated carbocycles. The zero-order chi connectivity index (χ0) is 14.4. The number of nitrogens with one attached hydrogen (secondary N) is 1. The standard InChI is InChI=1S/C14H26N2O3.H2/c1-5-7-11-8-6-9-16(11)13(17)12(10(2)3)15-14(18)19-4;/h10-12H,5-9H2,1-4H3,(H,15,18);1H. The average molecular weight is 272 g/mol. The molecule has 0 aromatic carbocycles. The lowest BCUT2D eigenvalue weighted by molar-refractivity contribution is -0.135. The third-order valence-corrected chi connectivity index (χ3v) is 3.67. The van der Waals surface area contributed by atoms with Crippen LogP contribution in [0, 0.1) is 5.92 Å².